The number of aromatic nitrogens is 1. The third kappa shape index (κ3) is 3.40. The number of nitrogens with one attached hydrogen (secondary N) is 3. The van der Waals surface area contributed by atoms with Gasteiger partial charge < -0.3 is 14.2 Å². The Kier molecular flexibility index (Phi) is 4.12. The van der Waals surface area contributed by atoms with Crippen LogP contribution in [-0.4, -0.2) is 18.7 Å². The molecule has 3 rings (SSSR count). The van der Waals surface area contributed by atoms with Crippen molar-refractivity contribution in [3.63, 3.8) is 0 Å². The maximum Gasteiger partial charge on any atom is 0.509 e. The average Bonchev–Trinajstić information content (AvgIpc) is 2.87. The van der Waals surface area contributed by atoms with Gasteiger partial charge in [-0.05, 0) is 25.1 Å². The van der Waals surface area contributed by atoms with Crippen molar-refractivity contribution in [2.24, 2.45) is 0 Å². The number of aromatic amines is 1. The van der Waals surface area contributed by atoms with Gasteiger partial charge in [-0.1, -0.05) is 23.7 Å². The van der Waals surface area contributed by atoms with Gasteiger partial charge in [0, 0.05) is 6.07 Å². The number of alkyl carbamates (subject to hydrolysis) is 1. The molecule has 1 aliphatic heterocycles. The molecule has 0 atom stereocenters. The number of hydrogen-bond donors (Lipinski definition) is 2. The number of fused-ring (bicyclic) bond motifs is 1. The summed E-state index contributed by atoms with van der Waals surface area (Å²) in [6, 6.07) is 8.82. The maximum absolute atomic E-state index is 11.8. The van der Waals surface area contributed by atoms with Gasteiger partial charge in [0.15, 0.2) is 11.5 Å². The first-order valence-corrected chi connectivity index (χ1v) is 7.35. The Balaban J connectivity index is 1.85. The lowest BCUT2D eigenvalue weighted by Gasteiger charge is -2.23. The fourth-order valence-electron chi connectivity index (χ4n) is 2.05. The molecule has 120 valence electrons. The van der Waals surface area contributed by atoms with Gasteiger partial charge in [-0.15, -0.1) is 0 Å². The molecule has 1 aromatic carbocycles. The monoisotopic (exact) mass is 336 g/mol. The Morgan fingerprint density at radius 1 is 1.26 bits per heavy atom. The molecular weight excluding hydrogens is 322 g/mol. The van der Waals surface area contributed by atoms with E-state index in [-0.39, 0.29) is 6.61 Å². The van der Waals surface area contributed by atoms with Crippen LogP contribution in [0.5, 0.6) is 11.5 Å². The average molecular weight is 337 g/mol. The summed E-state index contributed by atoms with van der Waals surface area (Å²) in [5.74, 6) is 1.51. The Bertz CT molecular complexity index is 683. The van der Waals surface area contributed by atoms with Crippen molar-refractivity contribution in [2.75, 3.05) is 11.9 Å². The maximum atomic E-state index is 11.8. The minimum absolute atomic E-state index is 0.224. The second-order valence-electron chi connectivity index (χ2n) is 4.66. The lowest BCUT2D eigenvalue weighted by atomic mass is 10.3. The molecule has 0 radical (unpaired) electrons. The minimum atomic E-state index is -1.62. The molecule has 0 spiro atoms. The predicted molar refractivity (Wildman–Crippen MR) is 82.2 cm³/mol. The van der Waals surface area contributed by atoms with Crippen LogP contribution in [0.15, 0.2) is 42.6 Å². The molecule has 8 heteroatoms. The predicted octanol–water partition coefficient (Wildman–Crippen LogP) is 2.39. The third-order valence-electron chi connectivity index (χ3n) is 2.97. The van der Waals surface area contributed by atoms with Gasteiger partial charge in [0.2, 0.25) is 0 Å². The van der Waals surface area contributed by atoms with Crippen LogP contribution in [0.1, 0.15) is 6.92 Å². The zero-order valence-electron chi connectivity index (χ0n) is 12.3. The van der Waals surface area contributed by atoms with Crippen molar-refractivity contribution in [1.29, 1.82) is 0 Å². The minimum Gasteiger partial charge on any atom is -0.450 e. The molecule has 0 aliphatic carbocycles. The van der Waals surface area contributed by atoms with Crippen LogP contribution in [0.25, 0.3) is 0 Å². The highest BCUT2D eigenvalue weighted by Crippen LogP contribution is 2.37. The first kappa shape index (κ1) is 15.2. The quantitative estimate of drug-likeness (QED) is 0.838. The first-order chi connectivity index (χ1) is 11.1. The van der Waals surface area contributed by atoms with Gasteiger partial charge in [0.25, 0.3) is 5.82 Å². The number of ether oxygens (including phenoxy) is 3. The molecule has 0 saturated heterocycles. The van der Waals surface area contributed by atoms with E-state index in [1.165, 1.54) is 0 Å². The number of rotatable bonds is 4. The van der Waals surface area contributed by atoms with Crippen molar-refractivity contribution in [3.05, 3.63) is 47.6 Å². The molecular formula is C15H15ClN3O4+. The number of anilines is 1. The van der Waals surface area contributed by atoms with Crippen LogP contribution in [0.4, 0.5) is 10.6 Å². The topological polar surface area (TPSA) is 83.0 Å². The SMILES string of the molecule is CCOC(=O)NC1(Nc2ccc(Cl)c[nH+]2)Oc2ccccc2O1. The number of para-hydroxylation sites is 2. The number of benzene rings is 1. The lowest BCUT2D eigenvalue weighted by molar-refractivity contribution is -0.363. The highest BCUT2D eigenvalue weighted by Gasteiger charge is 2.49. The van der Waals surface area contributed by atoms with Crippen molar-refractivity contribution in [2.45, 2.75) is 13.0 Å². The summed E-state index contributed by atoms with van der Waals surface area (Å²) >= 11 is 5.85. The van der Waals surface area contributed by atoms with Crippen LogP contribution in [0, 0.1) is 0 Å². The van der Waals surface area contributed by atoms with Crippen LogP contribution in [0.2, 0.25) is 5.02 Å². The van der Waals surface area contributed by atoms with E-state index in [1.54, 1.807) is 49.5 Å². The molecule has 0 fully saturated rings. The molecule has 2 aromatic rings. The number of amides is 1. The van der Waals surface area contributed by atoms with E-state index in [4.69, 9.17) is 25.8 Å². The van der Waals surface area contributed by atoms with E-state index in [0.717, 1.165) is 0 Å². The standard InChI is InChI=1S/C15H14ClN3O4/c1-2-21-14(20)19-15(18-13-8-7-10(16)9-17-13)22-11-5-3-4-6-12(11)23-15/h3-9H,2H2,1H3,(H,17,18)(H,19,20)/p+1. The Hall–Kier alpha value is -2.67. The zero-order valence-corrected chi connectivity index (χ0v) is 13.0. The second-order valence-corrected chi connectivity index (χ2v) is 5.09. The number of carbonyl (C=O) groups is 1. The summed E-state index contributed by atoms with van der Waals surface area (Å²) in [6.45, 7) is 1.93. The van der Waals surface area contributed by atoms with E-state index >= 15 is 0 Å². The number of pyridine rings is 1. The highest BCUT2D eigenvalue weighted by molar-refractivity contribution is 6.30. The van der Waals surface area contributed by atoms with Gasteiger partial charge in [-0.2, -0.15) is 5.32 Å². The molecule has 23 heavy (non-hydrogen) atoms. The Morgan fingerprint density at radius 3 is 2.52 bits per heavy atom. The fraction of sp³-hybridized carbons (Fsp3) is 0.200. The largest absolute Gasteiger partial charge is 0.509 e. The van der Waals surface area contributed by atoms with Crippen LogP contribution in [-0.2, 0) is 4.74 Å². The van der Waals surface area contributed by atoms with Crippen LogP contribution < -0.4 is 25.1 Å². The molecule has 0 saturated carbocycles. The third-order valence-corrected chi connectivity index (χ3v) is 3.21. The Labute approximate surface area is 137 Å². The first-order valence-electron chi connectivity index (χ1n) is 6.97. The molecule has 3 N–H and O–H groups in total. The summed E-state index contributed by atoms with van der Waals surface area (Å²) in [4.78, 5) is 14.8. The summed E-state index contributed by atoms with van der Waals surface area (Å²) in [7, 11) is 0. The number of halogens is 1. The Morgan fingerprint density at radius 2 is 1.96 bits per heavy atom. The van der Waals surface area contributed by atoms with Crippen molar-refractivity contribution in [1.82, 2.24) is 5.32 Å². The van der Waals surface area contributed by atoms with Crippen molar-refractivity contribution < 1.29 is 24.0 Å². The molecule has 2 heterocycles. The van der Waals surface area contributed by atoms with E-state index in [1.807, 2.05) is 0 Å². The summed E-state index contributed by atoms with van der Waals surface area (Å²) < 4.78 is 16.4. The van der Waals surface area contributed by atoms with Crippen molar-refractivity contribution in [3.8, 4) is 11.5 Å². The molecule has 1 aromatic heterocycles. The molecule has 0 unspecified atom stereocenters. The summed E-state index contributed by atoms with van der Waals surface area (Å²) in [5.41, 5.74) is 0. The van der Waals surface area contributed by atoms with Gasteiger partial charge in [-0.25, -0.2) is 15.1 Å². The molecule has 7 nitrogen and oxygen atoms in total. The highest BCUT2D eigenvalue weighted by atomic mass is 35.5. The number of carbonyl (C=O) groups excluding carboxylic acids is 1. The van der Waals surface area contributed by atoms with Crippen LogP contribution in [0.3, 0.4) is 0 Å². The fourth-order valence-corrected chi connectivity index (χ4v) is 2.16. The second kappa shape index (κ2) is 6.21. The van der Waals surface area contributed by atoms with E-state index in [2.05, 4.69) is 15.6 Å². The zero-order chi connectivity index (χ0) is 16.3. The van der Waals surface area contributed by atoms with E-state index in [9.17, 15) is 4.79 Å². The normalized spacial score (nSPS) is 14.2. The van der Waals surface area contributed by atoms with Gasteiger partial charge in [-0.3, -0.25) is 0 Å². The molecule has 1 aliphatic rings. The smallest absolute Gasteiger partial charge is 0.450 e. The lowest BCUT2D eigenvalue weighted by Crippen LogP contribution is -2.61. The summed E-state index contributed by atoms with van der Waals surface area (Å²) in [6.07, 6.45) is 0.908. The van der Waals surface area contributed by atoms with Gasteiger partial charge in [0.1, 0.15) is 6.20 Å². The van der Waals surface area contributed by atoms with Crippen molar-refractivity contribution >= 4 is 23.5 Å². The van der Waals surface area contributed by atoms with Crippen LogP contribution >= 0.6 is 11.6 Å². The van der Waals surface area contributed by atoms with Gasteiger partial charge in [0.05, 0.1) is 11.6 Å². The number of H-pyrrole nitrogens is 1. The molecule has 0 bridgehead atoms. The molecule has 1 amide bonds. The summed E-state index contributed by atoms with van der Waals surface area (Å²) in [5, 5.41) is 6.02. The number of hydrogen-bond acceptors (Lipinski definition) is 5. The van der Waals surface area contributed by atoms with Gasteiger partial charge >= 0.3 is 12.1 Å². The van der Waals surface area contributed by atoms with E-state index < -0.39 is 12.1 Å². The van der Waals surface area contributed by atoms with E-state index in [0.29, 0.717) is 22.3 Å².